The molecule has 1 fully saturated rings. The van der Waals surface area contributed by atoms with E-state index in [2.05, 4.69) is 25.5 Å². The fourth-order valence-electron chi connectivity index (χ4n) is 3.94. The molecule has 9 heteroatoms. The molecule has 154 valence electrons. The van der Waals surface area contributed by atoms with Crippen LogP contribution in [0.1, 0.15) is 56.4 Å². The molecule has 1 amide bonds. The van der Waals surface area contributed by atoms with Gasteiger partial charge in [-0.25, -0.2) is 9.50 Å². The quantitative estimate of drug-likeness (QED) is 0.621. The number of aromatic nitrogens is 5. The molecule has 0 unspecified atom stereocenters. The van der Waals surface area contributed by atoms with Crippen molar-refractivity contribution in [2.45, 2.75) is 51.4 Å². The lowest BCUT2D eigenvalue weighted by atomic mass is 9.80. The molecule has 1 aliphatic rings. The monoisotopic (exact) mass is 398 g/mol. The highest BCUT2D eigenvalue weighted by molar-refractivity contribution is 5.76. The maximum Gasteiger partial charge on any atom is 0.254 e. The zero-order valence-corrected chi connectivity index (χ0v) is 16.6. The maximum absolute atomic E-state index is 12.2. The van der Waals surface area contributed by atoms with E-state index in [0.29, 0.717) is 48.7 Å². The van der Waals surface area contributed by atoms with E-state index in [1.807, 2.05) is 17.5 Å². The molecule has 0 aliphatic heterocycles. The van der Waals surface area contributed by atoms with Crippen LogP contribution in [0, 0.1) is 5.92 Å². The Labute approximate surface area is 168 Å². The third kappa shape index (κ3) is 4.72. The molecule has 0 radical (unpaired) electrons. The van der Waals surface area contributed by atoms with E-state index in [-0.39, 0.29) is 5.91 Å². The van der Waals surface area contributed by atoms with Gasteiger partial charge in [0.15, 0.2) is 0 Å². The largest absolute Gasteiger partial charge is 0.476 e. The lowest BCUT2D eigenvalue weighted by molar-refractivity contribution is -0.121. The first-order valence-electron chi connectivity index (χ1n) is 10.2. The average molecular weight is 398 g/mol. The Morgan fingerprint density at radius 2 is 2.17 bits per heavy atom. The number of fused-ring (bicyclic) bond motifs is 1. The van der Waals surface area contributed by atoms with E-state index in [1.165, 1.54) is 5.69 Å². The van der Waals surface area contributed by atoms with E-state index in [4.69, 9.17) is 9.26 Å². The second kappa shape index (κ2) is 9.02. The number of amides is 1. The maximum atomic E-state index is 12.2. The van der Waals surface area contributed by atoms with Crippen LogP contribution in [-0.4, -0.2) is 43.8 Å². The van der Waals surface area contributed by atoms with Crippen LogP contribution in [0.4, 0.5) is 0 Å². The summed E-state index contributed by atoms with van der Waals surface area (Å²) in [6.45, 7) is 3.16. The van der Waals surface area contributed by atoms with Crippen LogP contribution in [-0.2, 0) is 11.2 Å². The number of rotatable bonds is 8. The first-order chi connectivity index (χ1) is 14.2. The van der Waals surface area contributed by atoms with Gasteiger partial charge in [0.25, 0.3) is 11.7 Å². The molecule has 0 atom stereocenters. The normalized spacial score (nSPS) is 19.3. The molecule has 3 heterocycles. The fraction of sp³-hybridized carbons (Fsp3) is 0.550. The third-order valence-electron chi connectivity index (χ3n) is 5.49. The van der Waals surface area contributed by atoms with Gasteiger partial charge in [0.1, 0.15) is 12.1 Å². The van der Waals surface area contributed by atoms with Crippen LogP contribution >= 0.6 is 0 Å². The van der Waals surface area contributed by atoms with Gasteiger partial charge in [0.05, 0.1) is 12.3 Å². The zero-order valence-electron chi connectivity index (χ0n) is 16.6. The van der Waals surface area contributed by atoms with Gasteiger partial charge in [-0.3, -0.25) is 4.79 Å². The molecule has 29 heavy (non-hydrogen) atoms. The number of aryl methyl sites for hydroxylation is 1. The van der Waals surface area contributed by atoms with Crippen molar-refractivity contribution >= 4 is 11.7 Å². The van der Waals surface area contributed by atoms with E-state index in [0.717, 1.165) is 32.2 Å². The van der Waals surface area contributed by atoms with E-state index < -0.39 is 0 Å². The van der Waals surface area contributed by atoms with Gasteiger partial charge in [-0.2, -0.15) is 10.1 Å². The summed E-state index contributed by atoms with van der Waals surface area (Å²) in [6.07, 6.45) is 8.59. The smallest absolute Gasteiger partial charge is 0.254 e. The molecule has 9 nitrogen and oxygen atoms in total. The number of carbonyl (C=O) groups is 1. The van der Waals surface area contributed by atoms with Crippen LogP contribution in [0.15, 0.2) is 29.2 Å². The summed E-state index contributed by atoms with van der Waals surface area (Å²) in [4.78, 5) is 20.6. The van der Waals surface area contributed by atoms with Crippen LogP contribution < -0.4 is 10.1 Å². The summed E-state index contributed by atoms with van der Waals surface area (Å²) in [5.74, 6) is 2.80. The Balaban J connectivity index is 1.19. The van der Waals surface area contributed by atoms with Gasteiger partial charge in [-0.05, 0) is 49.7 Å². The Morgan fingerprint density at radius 3 is 3.00 bits per heavy atom. The predicted octanol–water partition coefficient (Wildman–Crippen LogP) is 2.53. The van der Waals surface area contributed by atoms with Crippen molar-refractivity contribution in [2.75, 3.05) is 13.2 Å². The summed E-state index contributed by atoms with van der Waals surface area (Å²) in [6, 6.07) is 3.78. The van der Waals surface area contributed by atoms with Crippen molar-refractivity contribution in [1.82, 2.24) is 30.1 Å². The van der Waals surface area contributed by atoms with Crippen molar-refractivity contribution in [3.05, 3.63) is 36.1 Å². The average Bonchev–Trinajstić information content (AvgIpc) is 3.40. The lowest BCUT2D eigenvalue weighted by Crippen LogP contribution is -2.31. The predicted molar refractivity (Wildman–Crippen MR) is 104 cm³/mol. The van der Waals surface area contributed by atoms with Crippen LogP contribution in [0.25, 0.3) is 5.78 Å². The van der Waals surface area contributed by atoms with Crippen LogP contribution in [0.3, 0.4) is 0 Å². The van der Waals surface area contributed by atoms with Gasteiger partial charge >= 0.3 is 0 Å². The molecule has 4 rings (SSSR count). The van der Waals surface area contributed by atoms with Gasteiger partial charge in [0, 0.05) is 37.6 Å². The summed E-state index contributed by atoms with van der Waals surface area (Å²) in [5.41, 5.74) is 1.17. The van der Waals surface area contributed by atoms with Crippen LogP contribution in [0.2, 0.25) is 0 Å². The first-order valence-corrected chi connectivity index (χ1v) is 10.2. The third-order valence-corrected chi connectivity index (χ3v) is 5.49. The first kappa shape index (κ1) is 19.4. The number of hydrogen-bond donors (Lipinski definition) is 1. The van der Waals surface area contributed by atoms with Crippen molar-refractivity contribution in [1.29, 1.82) is 0 Å². The molecular formula is C20H26N6O3. The van der Waals surface area contributed by atoms with Crippen molar-refractivity contribution in [3.63, 3.8) is 0 Å². The second-order valence-corrected chi connectivity index (χ2v) is 7.43. The van der Waals surface area contributed by atoms with Gasteiger partial charge in [0.2, 0.25) is 5.91 Å². The summed E-state index contributed by atoms with van der Waals surface area (Å²) >= 11 is 0. The summed E-state index contributed by atoms with van der Waals surface area (Å²) in [5, 5.41) is 11.2. The van der Waals surface area contributed by atoms with E-state index in [9.17, 15) is 4.79 Å². The highest BCUT2D eigenvalue weighted by Gasteiger charge is 2.24. The van der Waals surface area contributed by atoms with Crippen molar-refractivity contribution < 1.29 is 14.1 Å². The minimum Gasteiger partial charge on any atom is -0.476 e. The highest BCUT2D eigenvalue weighted by atomic mass is 16.5. The van der Waals surface area contributed by atoms with Gasteiger partial charge in [-0.1, -0.05) is 0 Å². The van der Waals surface area contributed by atoms with E-state index >= 15 is 0 Å². The molecule has 1 aliphatic carbocycles. The Kier molecular flexibility index (Phi) is 6.02. The Morgan fingerprint density at radius 1 is 1.31 bits per heavy atom. The fourth-order valence-corrected chi connectivity index (χ4v) is 3.94. The molecule has 1 saturated carbocycles. The SMILES string of the molecule is CCOc1cc(CCC(=O)NCC2CCC(c3ccnc4ncnn34)CC2)on1. The number of hydrogen-bond acceptors (Lipinski definition) is 7. The van der Waals surface area contributed by atoms with Crippen molar-refractivity contribution in [2.24, 2.45) is 5.92 Å². The number of nitrogens with zero attached hydrogens (tertiary/aromatic N) is 5. The molecule has 1 N–H and O–H groups in total. The molecule has 0 aromatic carbocycles. The summed E-state index contributed by atoms with van der Waals surface area (Å²) < 4.78 is 12.3. The Hall–Kier alpha value is -2.97. The van der Waals surface area contributed by atoms with Crippen molar-refractivity contribution in [3.8, 4) is 5.88 Å². The van der Waals surface area contributed by atoms with Gasteiger partial charge in [-0.15, -0.1) is 0 Å². The molecule has 0 bridgehead atoms. The molecular weight excluding hydrogens is 372 g/mol. The number of carbonyl (C=O) groups excluding carboxylic acids is 1. The standard InChI is InChI=1S/C20H26N6O3/c1-2-28-19-11-16(29-25-19)7-8-18(27)22-12-14-3-5-15(6-4-14)17-9-10-21-20-23-13-24-26(17)20/h9-11,13-15H,2-8,12H2,1H3,(H,22,27). The second-order valence-electron chi connectivity index (χ2n) is 7.43. The molecule has 0 spiro atoms. The van der Waals surface area contributed by atoms with E-state index in [1.54, 1.807) is 18.6 Å². The Bertz CT molecular complexity index is 945. The lowest BCUT2D eigenvalue weighted by Gasteiger charge is -2.28. The molecule has 0 saturated heterocycles. The minimum absolute atomic E-state index is 0.0416. The topological polar surface area (TPSA) is 107 Å². The highest BCUT2D eigenvalue weighted by Crippen LogP contribution is 2.35. The number of nitrogens with one attached hydrogen (secondary N) is 1. The van der Waals surface area contributed by atoms with Crippen LogP contribution in [0.5, 0.6) is 5.88 Å². The molecule has 3 aromatic rings. The summed E-state index contributed by atoms with van der Waals surface area (Å²) in [7, 11) is 0. The van der Waals surface area contributed by atoms with Gasteiger partial charge < -0.3 is 14.6 Å². The zero-order chi connectivity index (χ0) is 20.1. The molecule has 3 aromatic heterocycles. The number of ether oxygens (including phenoxy) is 1. The minimum atomic E-state index is 0.0416.